The highest BCUT2D eigenvalue weighted by Gasteiger charge is 2.16. The molecule has 0 bridgehead atoms. The van der Waals surface area contributed by atoms with Crippen molar-refractivity contribution in [2.45, 2.75) is 39.3 Å². The van der Waals surface area contributed by atoms with Crippen LogP contribution >= 0.6 is 11.3 Å². The summed E-state index contributed by atoms with van der Waals surface area (Å²) in [5.74, 6) is 0.802. The van der Waals surface area contributed by atoms with Crippen LogP contribution in [-0.4, -0.2) is 32.3 Å². The number of ether oxygens (including phenoxy) is 1. The molecular weight excluding hydrogens is 258 g/mol. The second-order valence-corrected chi connectivity index (χ2v) is 6.22. The van der Waals surface area contributed by atoms with E-state index in [9.17, 15) is 0 Å². The molecule has 0 atom stereocenters. The van der Waals surface area contributed by atoms with Crippen LogP contribution < -0.4 is 10.6 Å². The molecule has 108 valence electrons. The van der Waals surface area contributed by atoms with E-state index in [1.807, 2.05) is 25.2 Å². The van der Waals surface area contributed by atoms with Crippen molar-refractivity contribution in [3.63, 3.8) is 0 Å². The fourth-order valence-electron chi connectivity index (χ4n) is 1.47. The van der Waals surface area contributed by atoms with E-state index in [0.717, 1.165) is 18.9 Å². The summed E-state index contributed by atoms with van der Waals surface area (Å²) in [6.45, 7) is 7.78. The van der Waals surface area contributed by atoms with E-state index < -0.39 is 0 Å². The summed E-state index contributed by atoms with van der Waals surface area (Å²) in [6, 6.07) is 4.36. The zero-order chi connectivity index (χ0) is 14.3. The second kappa shape index (κ2) is 7.50. The molecule has 0 unspecified atom stereocenters. The quantitative estimate of drug-likeness (QED) is 0.622. The van der Waals surface area contributed by atoms with Gasteiger partial charge in [-0.25, -0.2) is 0 Å². The minimum Gasteiger partial charge on any atom is -0.377 e. The third-order valence-corrected chi connectivity index (χ3v) is 4.18. The lowest BCUT2D eigenvalue weighted by Crippen LogP contribution is -2.44. The highest BCUT2D eigenvalue weighted by atomic mass is 32.1. The average Bonchev–Trinajstić information content (AvgIpc) is 2.87. The minimum absolute atomic E-state index is 0.198. The van der Waals surface area contributed by atoms with Gasteiger partial charge in [-0.05, 0) is 32.4 Å². The standard InChI is InChI=1S/C14H25N3OS/c1-6-11-7-8-12(19-11)9-16-13(15-4)17-10-14(2,3)18-5/h7-8H,6,9-10H2,1-5H3,(H2,15,16,17). The molecule has 0 radical (unpaired) electrons. The van der Waals surface area contributed by atoms with E-state index in [4.69, 9.17) is 4.74 Å². The molecule has 0 aliphatic carbocycles. The molecule has 0 aliphatic heterocycles. The Hall–Kier alpha value is -1.07. The van der Waals surface area contributed by atoms with Crippen molar-refractivity contribution in [2.24, 2.45) is 4.99 Å². The Bertz CT molecular complexity index is 413. The van der Waals surface area contributed by atoms with Crippen LogP contribution in [-0.2, 0) is 17.7 Å². The smallest absolute Gasteiger partial charge is 0.191 e. The van der Waals surface area contributed by atoms with Crippen molar-refractivity contribution in [1.82, 2.24) is 10.6 Å². The lowest BCUT2D eigenvalue weighted by Gasteiger charge is -2.24. The Morgan fingerprint density at radius 1 is 1.32 bits per heavy atom. The molecule has 1 aromatic rings. The number of hydrogen-bond acceptors (Lipinski definition) is 3. The molecule has 0 saturated heterocycles. The number of nitrogens with one attached hydrogen (secondary N) is 2. The molecular formula is C14H25N3OS. The number of nitrogens with zero attached hydrogens (tertiary/aromatic N) is 1. The predicted molar refractivity (Wildman–Crippen MR) is 83.0 cm³/mol. The topological polar surface area (TPSA) is 45.7 Å². The summed E-state index contributed by atoms with van der Waals surface area (Å²) < 4.78 is 5.37. The van der Waals surface area contributed by atoms with Gasteiger partial charge in [0.15, 0.2) is 5.96 Å². The lowest BCUT2D eigenvalue weighted by molar-refractivity contribution is 0.0268. The monoisotopic (exact) mass is 283 g/mol. The van der Waals surface area contributed by atoms with Gasteiger partial charge in [-0.15, -0.1) is 11.3 Å². The highest BCUT2D eigenvalue weighted by Crippen LogP contribution is 2.16. The van der Waals surface area contributed by atoms with Crippen LogP contribution in [0.15, 0.2) is 17.1 Å². The van der Waals surface area contributed by atoms with Gasteiger partial charge < -0.3 is 15.4 Å². The second-order valence-electron chi connectivity index (χ2n) is 4.96. The van der Waals surface area contributed by atoms with Crippen molar-refractivity contribution >= 4 is 17.3 Å². The Kier molecular flexibility index (Phi) is 6.31. The number of thiophene rings is 1. The first-order chi connectivity index (χ1) is 9.00. The number of rotatable bonds is 6. The average molecular weight is 283 g/mol. The van der Waals surface area contributed by atoms with Crippen LogP contribution in [0.3, 0.4) is 0 Å². The molecule has 0 amide bonds. The summed E-state index contributed by atoms with van der Waals surface area (Å²) in [6.07, 6.45) is 1.10. The molecule has 19 heavy (non-hydrogen) atoms. The number of aryl methyl sites for hydroxylation is 1. The van der Waals surface area contributed by atoms with Gasteiger partial charge in [-0.1, -0.05) is 6.92 Å². The molecule has 2 N–H and O–H groups in total. The Labute approximate surface area is 120 Å². The molecule has 0 spiro atoms. The summed E-state index contributed by atoms with van der Waals surface area (Å²) >= 11 is 1.84. The Morgan fingerprint density at radius 3 is 2.53 bits per heavy atom. The normalized spacial score (nSPS) is 12.6. The maximum absolute atomic E-state index is 5.37. The maximum Gasteiger partial charge on any atom is 0.191 e. The first-order valence-corrected chi connectivity index (χ1v) is 7.39. The molecule has 0 saturated carbocycles. The van der Waals surface area contributed by atoms with Crippen LogP contribution in [0.25, 0.3) is 0 Å². The van der Waals surface area contributed by atoms with Crippen molar-refractivity contribution < 1.29 is 4.74 Å². The zero-order valence-corrected chi connectivity index (χ0v) is 13.4. The van der Waals surface area contributed by atoms with E-state index in [1.54, 1.807) is 14.2 Å². The minimum atomic E-state index is -0.198. The SMILES string of the molecule is CCc1ccc(CNC(=NC)NCC(C)(C)OC)s1. The van der Waals surface area contributed by atoms with Crippen LogP contribution in [0, 0.1) is 0 Å². The molecule has 5 heteroatoms. The molecule has 1 rings (SSSR count). The van der Waals surface area contributed by atoms with Gasteiger partial charge in [0, 0.05) is 30.5 Å². The zero-order valence-electron chi connectivity index (χ0n) is 12.5. The number of methoxy groups -OCH3 is 1. The van der Waals surface area contributed by atoms with E-state index in [0.29, 0.717) is 6.54 Å². The van der Waals surface area contributed by atoms with Gasteiger partial charge in [0.05, 0.1) is 12.1 Å². The highest BCUT2D eigenvalue weighted by molar-refractivity contribution is 7.11. The molecule has 0 fully saturated rings. The first kappa shape index (κ1) is 16.0. The van der Waals surface area contributed by atoms with E-state index in [2.05, 4.69) is 34.7 Å². The lowest BCUT2D eigenvalue weighted by atomic mass is 10.1. The summed E-state index contributed by atoms with van der Waals surface area (Å²) in [5.41, 5.74) is -0.198. The van der Waals surface area contributed by atoms with Crippen molar-refractivity contribution in [3.05, 3.63) is 21.9 Å². The molecule has 1 aromatic heterocycles. The summed E-state index contributed by atoms with van der Waals surface area (Å²) in [5, 5.41) is 6.58. The molecule has 0 aliphatic rings. The van der Waals surface area contributed by atoms with Gasteiger partial charge in [-0.3, -0.25) is 4.99 Å². The van der Waals surface area contributed by atoms with Crippen molar-refractivity contribution in [1.29, 1.82) is 0 Å². The number of guanidine groups is 1. The fourth-order valence-corrected chi connectivity index (χ4v) is 2.37. The van der Waals surface area contributed by atoms with Crippen LogP contribution in [0.2, 0.25) is 0 Å². The summed E-state index contributed by atoms with van der Waals surface area (Å²) in [4.78, 5) is 6.95. The van der Waals surface area contributed by atoms with Gasteiger partial charge in [0.25, 0.3) is 0 Å². The number of hydrogen-bond donors (Lipinski definition) is 2. The Morgan fingerprint density at radius 2 is 2.00 bits per heavy atom. The van der Waals surface area contributed by atoms with Gasteiger partial charge in [0.2, 0.25) is 0 Å². The number of aliphatic imine (C=N–C) groups is 1. The largest absolute Gasteiger partial charge is 0.377 e. The van der Waals surface area contributed by atoms with Crippen molar-refractivity contribution in [3.8, 4) is 0 Å². The maximum atomic E-state index is 5.37. The van der Waals surface area contributed by atoms with Gasteiger partial charge in [0.1, 0.15) is 0 Å². The van der Waals surface area contributed by atoms with Crippen molar-refractivity contribution in [2.75, 3.05) is 20.7 Å². The fraction of sp³-hybridized carbons (Fsp3) is 0.643. The third-order valence-electron chi connectivity index (χ3n) is 2.95. The Balaban J connectivity index is 2.41. The summed E-state index contributed by atoms with van der Waals surface area (Å²) in [7, 11) is 3.50. The van der Waals surface area contributed by atoms with E-state index >= 15 is 0 Å². The van der Waals surface area contributed by atoms with Gasteiger partial charge >= 0.3 is 0 Å². The van der Waals surface area contributed by atoms with Crippen LogP contribution in [0.1, 0.15) is 30.5 Å². The van der Waals surface area contributed by atoms with E-state index in [-0.39, 0.29) is 5.60 Å². The molecule has 1 heterocycles. The van der Waals surface area contributed by atoms with Crippen LogP contribution in [0.4, 0.5) is 0 Å². The molecule has 4 nitrogen and oxygen atoms in total. The molecule has 0 aromatic carbocycles. The van der Waals surface area contributed by atoms with E-state index in [1.165, 1.54) is 9.75 Å². The third kappa shape index (κ3) is 5.61. The van der Waals surface area contributed by atoms with Gasteiger partial charge in [-0.2, -0.15) is 0 Å². The first-order valence-electron chi connectivity index (χ1n) is 6.58. The van der Waals surface area contributed by atoms with Crippen LogP contribution in [0.5, 0.6) is 0 Å². The predicted octanol–water partition coefficient (Wildman–Crippen LogP) is 2.40.